The quantitative estimate of drug-likeness (QED) is 0.281. The van der Waals surface area contributed by atoms with Crippen molar-refractivity contribution in [2.75, 3.05) is 0 Å². The van der Waals surface area contributed by atoms with Crippen LogP contribution >= 0.6 is 45.3 Å². The highest BCUT2D eigenvalue weighted by molar-refractivity contribution is 7.28. The molecule has 4 heteroatoms. The van der Waals surface area contributed by atoms with Gasteiger partial charge < -0.3 is 0 Å². The number of hydrogen-bond donors (Lipinski definition) is 0. The Bertz CT molecular complexity index is 1100. The summed E-state index contributed by atoms with van der Waals surface area (Å²) in [6.07, 6.45) is 6.66. The molecule has 0 N–H and O–H groups in total. The first kappa shape index (κ1) is 18.4. The zero-order valence-electron chi connectivity index (χ0n) is 15.4. The molecule has 0 bridgehead atoms. The van der Waals surface area contributed by atoms with Crippen molar-refractivity contribution in [3.05, 3.63) is 58.8 Å². The summed E-state index contributed by atoms with van der Waals surface area (Å²) in [6, 6.07) is 17.8. The van der Waals surface area contributed by atoms with E-state index in [0.29, 0.717) is 5.92 Å². The van der Waals surface area contributed by atoms with Crippen LogP contribution in [0.3, 0.4) is 0 Å². The zero-order valence-corrected chi connectivity index (χ0v) is 18.7. The van der Waals surface area contributed by atoms with Crippen LogP contribution in [0.2, 0.25) is 0 Å². The van der Waals surface area contributed by atoms with Crippen molar-refractivity contribution >= 4 is 45.3 Å². The molecule has 0 atom stereocenters. The fraction of sp³-hybridized carbons (Fsp3) is 0.250. The van der Waals surface area contributed by atoms with Crippen LogP contribution in [0.1, 0.15) is 37.0 Å². The van der Waals surface area contributed by atoms with E-state index in [1.54, 1.807) is 11.3 Å². The third kappa shape index (κ3) is 4.04. The van der Waals surface area contributed by atoms with Crippen LogP contribution in [0.4, 0.5) is 0 Å². The second-order valence-corrected chi connectivity index (χ2v) is 11.3. The van der Waals surface area contributed by atoms with E-state index in [0.717, 1.165) is 0 Å². The van der Waals surface area contributed by atoms with Crippen molar-refractivity contribution in [2.45, 2.75) is 32.1 Å². The van der Waals surface area contributed by atoms with Gasteiger partial charge in [-0.15, -0.1) is 45.3 Å². The first-order valence-electron chi connectivity index (χ1n) is 9.71. The van der Waals surface area contributed by atoms with Crippen LogP contribution in [0.25, 0.3) is 29.3 Å². The summed E-state index contributed by atoms with van der Waals surface area (Å²) in [6.45, 7) is 0. The minimum Gasteiger partial charge on any atom is -0.143 e. The summed E-state index contributed by atoms with van der Waals surface area (Å²) >= 11 is 7.40. The molecule has 0 unspecified atom stereocenters. The van der Waals surface area contributed by atoms with Crippen molar-refractivity contribution in [2.24, 2.45) is 5.92 Å². The van der Waals surface area contributed by atoms with Gasteiger partial charge in [-0.3, -0.25) is 0 Å². The summed E-state index contributed by atoms with van der Waals surface area (Å²) < 4.78 is 0. The first-order valence-corrected chi connectivity index (χ1v) is 13.0. The Kier molecular flexibility index (Phi) is 5.51. The molecular formula is C24H20S4. The lowest BCUT2D eigenvalue weighted by Gasteiger charge is -2.15. The van der Waals surface area contributed by atoms with Crippen molar-refractivity contribution in [3.63, 3.8) is 0 Å². The van der Waals surface area contributed by atoms with Gasteiger partial charge in [0.05, 0.1) is 4.88 Å². The third-order valence-electron chi connectivity index (χ3n) is 5.07. The molecule has 5 rings (SSSR count). The summed E-state index contributed by atoms with van der Waals surface area (Å²) in [4.78, 5) is 9.30. The lowest BCUT2D eigenvalue weighted by Crippen LogP contribution is -2.02. The summed E-state index contributed by atoms with van der Waals surface area (Å²) in [5, 5.41) is 2.14. The maximum Gasteiger partial charge on any atom is 0.0775 e. The van der Waals surface area contributed by atoms with Crippen LogP contribution in [-0.2, 0) is 0 Å². The summed E-state index contributed by atoms with van der Waals surface area (Å²) in [5.41, 5.74) is 0. The van der Waals surface area contributed by atoms with Gasteiger partial charge in [0.15, 0.2) is 0 Å². The predicted molar refractivity (Wildman–Crippen MR) is 128 cm³/mol. The zero-order chi connectivity index (χ0) is 18.8. The van der Waals surface area contributed by atoms with Crippen molar-refractivity contribution < 1.29 is 0 Å². The van der Waals surface area contributed by atoms with Crippen molar-refractivity contribution in [1.82, 2.24) is 0 Å². The highest BCUT2D eigenvalue weighted by Gasteiger charge is 2.12. The fourth-order valence-electron chi connectivity index (χ4n) is 3.58. The minimum absolute atomic E-state index is 0.615. The molecule has 0 nitrogen and oxygen atoms in total. The summed E-state index contributed by atoms with van der Waals surface area (Å²) in [5.74, 6) is 7.57. The second-order valence-electron chi connectivity index (χ2n) is 7.07. The highest BCUT2D eigenvalue weighted by Crippen LogP contribution is 2.42. The summed E-state index contributed by atoms with van der Waals surface area (Å²) in [7, 11) is 0. The molecule has 1 aliphatic carbocycles. The van der Waals surface area contributed by atoms with E-state index < -0.39 is 0 Å². The largest absolute Gasteiger partial charge is 0.143 e. The third-order valence-corrected chi connectivity index (χ3v) is 9.70. The van der Waals surface area contributed by atoms with Gasteiger partial charge in [0.25, 0.3) is 0 Å². The topological polar surface area (TPSA) is 0 Å². The Morgan fingerprint density at radius 2 is 1.25 bits per heavy atom. The van der Waals surface area contributed by atoms with Crippen molar-refractivity contribution in [3.8, 4) is 41.1 Å². The van der Waals surface area contributed by atoms with Gasteiger partial charge in [-0.25, -0.2) is 0 Å². The van der Waals surface area contributed by atoms with E-state index in [1.807, 2.05) is 34.0 Å². The maximum absolute atomic E-state index is 3.52. The van der Waals surface area contributed by atoms with E-state index in [-0.39, 0.29) is 0 Å². The molecule has 140 valence electrons. The molecule has 28 heavy (non-hydrogen) atoms. The lowest BCUT2D eigenvalue weighted by atomic mass is 9.90. The molecule has 1 aliphatic rings. The maximum atomic E-state index is 3.52. The Morgan fingerprint density at radius 3 is 1.89 bits per heavy atom. The van der Waals surface area contributed by atoms with E-state index in [4.69, 9.17) is 0 Å². The molecule has 0 spiro atoms. The molecule has 1 saturated carbocycles. The van der Waals surface area contributed by atoms with Gasteiger partial charge in [0.2, 0.25) is 0 Å². The van der Waals surface area contributed by atoms with E-state index in [2.05, 4.69) is 65.8 Å². The number of hydrogen-bond acceptors (Lipinski definition) is 4. The minimum atomic E-state index is 0.615. The van der Waals surface area contributed by atoms with Gasteiger partial charge in [-0.2, -0.15) is 0 Å². The molecule has 4 heterocycles. The first-order chi connectivity index (χ1) is 13.8. The van der Waals surface area contributed by atoms with Crippen LogP contribution < -0.4 is 0 Å². The van der Waals surface area contributed by atoms with Crippen molar-refractivity contribution in [1.29, 1.82) is 0 Å². The second kappa shape index (κ2) is 8.39. The average Bonchev–Trinajstić information content (AvgIpc) is 3.53. The predicted octanol–water partition coefficient (Wildman–Crippen LogP) is 8.87. The van der Waals surface area contributed by atoms with E-state index in [1.165, 1.54) is 66.2 Å². The molecule has 4 aromatic rings. The average molecular weight is 437 g/mol. The number of rotatable bonds is 3. The van der Waals surface area contributed by atoms with Crippen LogP contribution in [0, 0.1) is 17.8 Å². The SMILES string of the molecule is C(#CC1CCCCC1)c1ccc(-c2ccc(-c3ccc(-c4cccs4)s3)s2)s1. The highest BCUT2D eigenvalue weighted by atomic mass is 32.1. The fourth-order valence-corrected chi connectivity index (χ4v) is 7.48. The lowest BCUT2D eigenvalue weighted by molar-refractivity contribution is 0.430. The molecule has 0 saturated heterocycles. The Balaban J connectivity index is 1.33. The molecule has 0 amide bonds. The van der Waals surface area contributed by atoms with Crippen LogP contribution in [-0.4, -0.2) is 0 Å². The normalized spacial score (nSPS) is 14.7. The van der Waals surface area contributed by atoms with Crippen LogP contribution in [0.5, 0.6) is 0 Å². The monoisotopic (exact) mass is 436 g/mol. The Labute approximate surface area is 182 Å². The van der Waals surface area contributed by atoms with Gasteiger partial charge in [-0.1, -0.05) is 37.2 Å². The molecule has 0 radical (unpaired) electrons. The van der Waals surface area contributed by atoms with Crippen LogP contribution in [0.15, 0.2) is 53.9 Å². The number of thiophene rings is 4. The Hall–Kier alpha value is -1.64. The van der Waals surface area contributed by atoms with E-state index in [9.17, 15) is 0 Å². The molecule has 0 aliphatic heterocycles. The van der Waals surface area contributed by atoms with Gasteiger partial charge in [-0.05, 0) is 60.7 Å². The standard InChI is InChI=1S/C24H20S4/c1-2-5-17(6-3-1)8-9-18-10-11-21(26-18)22-14-15-24(28-22)23-13-12-20(27-23)19-7-4-16-25-19/h4,7,10-17H,1-3,5-6H2. The molecular weight excluding hydrogens is 417 g/mol. The van der Waals surface area contributed by atoms with Gasteiger partial charge in [0.1, 0.15) is 0 Å². The molecule has 4 aromatic heterocycles. The molecule has 1 fully saturated rings. The van der Waals surface area contributed by atoms with Gasteiger partial charge in [0, 0.05) is 35.2 Å². The molecule has 0 aromatic carbocycles. The Morgan fingerprint density at radius 1 is 0.643 bits per heavy atom. The smallest absolute Gasteiger partial charge is 0.0775 e. The van der Waals surface area contributed by atoms with E-state index >= 15 is 0 Å². The van der Waals surface area contributed by atoms with Gasteiger partial charge >= 0.3 is 0 Å².